The number of amides is 2. The average molecular weight is 276 g/mol. The summed E-state index contributed by atoms with van der Waals surface area (Å²) in [5.41, 5.74) is 1.46. The lowest BCUT2D eigenvalue weighted by atomic mass is 10.1. The second-order valence-electron chi connectivity index (χ2n) is 4.85. The first-order valence-corrected chi connectivity index (χ1v) is 6.88. The lowest BCUT2D eigenvalue weighted by molar-refractivity contribution is -0.119. The maximum absolute atomic E-state index is 12.1. The number of nitrogens with zero attached hydrogens (tertiary/aromatic N) is 1. The van der Waals surface area contributed by atoms with Crippen molar-refractivity contribution in [2.24, 2.45) is 0 Å². The molecule has 0 aliphatic carbocycles. The summed E-state index contributed by atoms with van der Waals surface area (Å²) >= 11 is 0. The zero-order valence-corrected chi connectivity index (χ0v) is 11.8. The molecule has 2 heterocycles. The van der Waals surface area contributed by atoms with Crippen LogP contribution in [0.3, 0.4) is 0 Å². The molecule has 1 aliphatic rings. The van der Waals surface area contributed by atoms with Crippen LogP contribution in [0.4, 0.5) is 5.82 Å². The van der Waals surface area contributed by atoms with Crippen LogP contribution < -0.4 is 16.0 Å². The van der Waals surface area contributed by atoms with E-state index in [4.69, 9.17) is 0 Å². The third-order valence-corrected chi connectivity index (χ3v) is 3.35. The molecule has 20 heavy (non-hydrogen) atoms. The Morgan fingerprint density at radius 3 is 2.90 bits per heavy atom. The predicted octanol–water partition coefficient (Wildman–Crippen LogP) is 0.694. The van der Waals surface area contributed by atoms with Gasteiger partial charge in [-0.15, -0.1) is 0 Å². The van der Waals surface area contributed by atoms with Gasteiger partial charge < -0.3 is 16.0 Å². The number of aromatic nitrogens is 1. The van der Waals surface area contributed by atoms with Crippen molar-refractivity contribution in [1.29, 1.82) is 0 Å². The highest BCUT2D eigenvalue weighted by atomic mass is 16.2. The molecular weight excluding hydrogens is 256 g/mol. The topological polar surface area (TPSA) is 83.1 Å². The lowest BCUT2D eigenvalue weighted by Gasteiger charge is -2.12. The zero-order chi connectivity index (χ0) is 14.5. The van der Waals surface area contributed by atoms with Crippen molar-refractivity contribution in [2.45, 2.75) is 32.2 Å². The van der Waals surface area contributed by atoms with E-state index < -0.39 is 0 Å². The van der Waals surface area contributed by atoms with Crippen LogP contribution in [0.25, 0.3) is 0 Å². The van der Waals surface area contributed by atoms with Crippen LogP contribution in [0.2, 0.25) is 0 Å². The number of pyridine rings is 1. The van der Waals surface area contributed by atoms with Gasteiger partial charge in [0.25, 0.3) is 5.91 Å². The predicted molar refractivity (Wildman–Crippen MR) is 76.7 cm³/mol. The highest BCUT2D eigenvalue weighted by molar-refractivity contribution is 5.95. The van der Waals surface area contributed by atoms with Gasteiger partial charge in [0.1, 0.15) is 5.82 Å². The van der Waals surface area contributed by atoms with Gasteiger partial charge in [0, 0.05) is 37.3 Å². The standard InChI is InChI=1S/C14H20N4O2/c1-3-10-6-9(7-12(15-2)17-10)14(20)16-8-11-4-5-13(19)18-11/h6-7,11H,3-5,8H2,1-2H3,(H,15,17)(H,16,20)(H,18,19). The van der Waals surface area contributed by atoms with Crippen molar-refractivity contribution < 1.29 is 9.59 Å². The number of aryl methyl sites for hydroxylation is 1. The molecule has 1 fully saturated rings. The summed E-state index contributed by atoms with van der Waals surface area (Å²) in [5.74, 6) is 0.599. The summed E-state index contributed by atoms with van der Waals surface area (Å²) in [6, 6.07) is 3.56. The van der Waals surface area contributed by atoms with E-state index in [-0.39, 0.29) is 17.9 Å². The van der Waals surface area contributed by atoms with E-state index in [0.29, 0.717) is 24.3 Å². The number of rotatable bonds is 5. The maximum Gasteiger partial charge on any atom is 0.251 e. The van der Waals surface area contributed by atoms with Crippen LogP contribution >= 0.6 is 0 Å². The van der Waals surface area contributed by atoms with Crippen LogP contribution in [-0.2, 0) is 11.2 Å². The molecule has 0 radical (unpaired) electrons. The van der Waals surface area contributed by atoms with Gasteiger partial charge in [-0.1, -0.05) is 6.92 Å². The molecule has 0 saturated carbocycles. The van der Waals surface area contributed by atoms with E-state index in [2.05, 4.69) is 20.9 Å². The molecule has 108 valence electrons. The van der Waals surface area contributed by atoms with E-state index in [1.54, 1.807) is 19.2 Å². The van der Waals surface area contributed by atoms with Crippen LogP contribution in [0.1, 0.15) is 35.8 Å². The normalized spacial score (nSPS) is 17.7. The molecule has 6 nitrogen and oxygen atoms in total. The first-order valence-electron chi connectivity index (χ1n) is 6.88. The number of hydrogen-bond donors (Lipinski definition) is 3. The Hall–Kier alpha value is -2.11. The average Bonchev–Trinajstić information content (AvgIpc) is 2.89. The fraction of sp³-hybridized carbons (Fsp3) is 0.500. The van der Waals surface area contributed by atoms with Crippen LogP contribution in [0.15, 0.2) is 12.1 Å². The van der Waals surface area contributed by atoms with Gasteiger partial charge >= 0.3 is 0 Å². The minimum atomic E-state index is -0.139. The van der Waals surface area contributed by atoms with Crippen LogP contribution in [-0.4, -0.2) is 36.4 Å². The van der Waals surface area contributed by atoms with Crippen molar-refractivity contribution in [3.05, 3.63) is 23.4 Å². The van der Waals surface area contributed by atoms with Crippen molar-refractivity contribution >= 4 is 17.6 Å². The molecule has 2 rings (SSSR count). The number of carbonyl (C=O) groups is 2. The number of anilines is 1. The smallest absolute Gasteiger partial charge is 0.251 e. The largest absolute Gasteiger partial charge is 0.373 e. The minimum Gasteiger partial charge on any atom is -0.373 e. The summed E-state index contributed by atoms with van der Waals surface area (Å²) in [4.78, 5) is 27.6. The van der Waals surface area contributed by atoms with Crippen molar-refractivity contribution in [3.63, 3.8) is 0 Å². The van der Waals surface area contributed by atoms with Crippen molar-refractivity contribution in [1.82, 2.24) is 15.6 Å². The second-order valence-corrected chi connectivity index (χ2v) is 4.85. The Morgan fingerprint density at radius 1 is 1.50 bits per heavy atom. The number of nitrogens with one attached hydrogen (secondary N) is 3. The van der Waals surface area contributed by atoms with E-state index in [0.717, 1.165) is 18.5 Å². The molecule has 0 bridgehead atoms. The quantitative estimate of drug-likeness (QED) is 0.739. The fourth-order valence-corrected chi connectivity index (χ4v) is 2.18. The molecule has 1 atom stereocenters. The van der Waals surface area contributed by atoms with Gasteiger partial charge in [-0.25, -0.2) is 4.98 Å². The highest BCUT2D eigenvalue weighted by Gasteiger charge is 2.21. The SMILES string of the molecule is CCc1cc(C(=O)NCC2CCC(=O)N2)cc(NC)n1. The third-order valence-electron chi connectivity index (χ3n) is 3.35. The summed E-state index contributed by atoms with van der Waals surface area (Å²) in [6.07, 6.45) is 2.09. The monoisotopic (exact) mass is 276 g/mol. The summed E-state index contributed by atoms with van der Waals surface area (Å²) in [7, 11) is 1.78. The van der Waals surface area contributed by atoms with E-state index in [9.17, 15) is 9.59 Å². The van der Waals surface area contributed by atoms with E-state index in [1.165, 1.54) is 0 Å². The molecule has 1 aromatic heterocycles. The fourth-order valence-electron chi connectivity index (χ4n) is 2.18. The van der Waals surface area contributed by atoms with Gasteiger partial charge in [0.05, 0.1) is 0 Å². The molecule has 2 amide bonds. The molecule has 0 spiro atoms. The van der Waals surface area contributed by atoms with Crippen molar-refractivity contribution in [2.75, 3.05) is 18.9 Å². The van der Waals surface area contributed by atoms with Gasteiger partial charge in [-0.3, -0.25) is 9.59 Å². The van der Waals surface area contributed by atoms with Crippen LogP contribution in [0.5, 0.6) is 0 Å². The minimum absolute atomic E-state index is 0.0442. The second kappa shape index (κ2) is 6.36. The Balaban J connectivity index is 1.99. The molecule has 3 N–H and O–H groups in total. The molecule has 0 aromatic carbocycles. The van der Waals surface area contributed by atoms with E-state index in [1.807, 2.05) is 6.92 Å². The highest BCUT2D eigenvalue weighted by Crippen LogP contribution is 2.11. The Kier molecular flexibility index (Phi) is 4.55. The third kappa shape index (κ3) is 3.46. The summed E-state index contributed by atoms with van der Waals surface area (Å²) in [6.45, 7) is 2.46. The Bertz CT molecular complexity index is 494. The molecule has 6 heteroatoms. The van der Waals surface area contributed by atoms with Gasteiger partial charge in [0.15, 0.2) is 0 Å². The first-order chi connectivity index (χ1) is 9.62. The first kappa shape index (κ1) is 14.3. The molecule has 1 unspecified atom stereocenters. The van der Waals surface area contributed by atoms with Gasteiger partial charge in [-0.2, -0.15) is 0 Å². The van der Waals surface area contributed by atoms with Crippen LogP contribution in [0, 0.1) is 0 Å². The summed E-state index contributed by atoms with van der Waals surface area (Å²) in [5, 5.41) is 8.63. The zero-order valence-electron chi connectivity index (χ0n) is 11.8. The van der Waals surface area contributed by atoms with Gasteiger partial charge in [0.2, 0.25) is 5.91 Å². The molecule has 1 saturated heterocycles. The molecule has 1 aromatic rings. The molecule has 1 aliphatic heterocycles. The Morgan fingerprint density at radius 2 is 2.30 bits per heavy atom. The lowest BCUT2D eigenvalue weighted by Crippen LogP contribution is -2.38. The van der Waals surface area contributed by atoms with E-state index >= 15 is 0 Å². The molecular formula is C14H20N4O2. The number of carbonyl (C=O) groups excluding carboxylic acids is 2. The number of hydrogen-bond acceptors (Lipinski definition) is 4. The maximum atomic E-state index is 12.1. The Labute approximate surface area is 118 Å². The van der Waals surface area contributed by atoms with Crippen molar-refractivity contribution in [3.8, 4) is 0 Å². The van der Waals surface area contributed by atoms with Gasteiger partial charge in [-0.05, 0) is 25.0 Å². The summed E-state index contributed by atoms with van der Waals surface area (Å²) < 4.78 is 0.